The third kappa shape index (κ3) is 4.68. The molecule has 154 valence electrons. The third-order valence-electron chi connectivity index (χ3n) is 5.35. The van der Waals surface area contributed by atoms with Crippen LogP contribution in [-0.2, 0) is 9.47 Å². The number of aromatic nitrogens is 4. The minimum atomic E-state index is 0.430. The zero-order valence-corrected chi connectivity index (χ0v) is 16.5. The Labute approximate surface area is 164 Å². The van der Waals surface area contributed by atoms with Gasteiger partial charge in [-0.3, -0.25) is 4.90 Å². The Bertz CT molecular complexity index is 750. The van der Waals surface area contributed by atoms with Crippen LogP contribution >= 0.6 is 0 Å². The number of fused-ring (bicyclic) bond motifs is 1. The van der Waals surface area contributed by atoms with Gasteiger partial charge in [0.25, 0.3) is 0 Å². The van der Waals surface area contributed by atoms with E-state index in [1.165, 1.54) is 6.42 Å². The van der Waals surface area contributed by atoms with E-state index < -0.39 is 0 Å². The molecule has 1 unspecified atom stereocenters. The quantitative estimate of drug-likeness (QED) is 0.656. The van der Waals surface area contributed by atoms with Gasteiger partial charge in [0.2, 0.25) is 11.3 Å². The summed E-state index contributed by atoms with van der Waals surface area (Å²) in [6.45, 7) is 8.25. The lowest BCUT2D eigenvalue weighted by Gasteiger charge is -2.37. The smallest absolute Gasteiger partial charge is 0.245 e. The summed E-state index contributed by atoms with van der Waals surface area (Å²) in [4.78, 5) is 14.1. The first kappa shape index (κ1) is 19.3. The topological polar surface area (TPSA) is 102 Å². The predicted octanol–water partition coefficient (Wildman–Crippen LogP) is 1.01. The van der Waals surface area contributed by atoms with Gasteiger partial charge in [-0.05, 0) is 35.5 Å². The minimum Gasteiger partial charge on any atom is -0.385 e. The summed E-state index contributed by atoms with van der Waals surface area (Å²) in [6.07, 6.45) is 3.28. The minimum absolute atomic E-state index is 0.430. The molecule has 2 fully saturated rings. The molecule has 28 heavy (non-hydrogen) atoms. The maximum atomic E-state index is 5.47. The van der Waals surface area contributed by atoms with Gasteiger partial charge in [0, 0.05) is 53.0 Å². The number of ether oxygens (including phenoxy) is 2. The van der Waals surface area contributed by atoms with E-state index in [4.69, 9.17) is 19.1 Å². The molecule has 0 bridgehead atoms. The molecule has 0 saturated carbocycles. The van der Waals surface area contributed by atoms with E-state index in [1.54, 1.807) is 7.11 Å². The van der Waals surface area contributed by atoms with Crippen LogP contribution in [0.2, 0.25) is 0 Å². The molecule has 1 atom stereocenters. The molecule has 0 spiro atoms. The summed E-state index contributed by atoms with van der Waals surface area (Å²) in [5, 5.41) is 11.1. The average molecular weight is 391 g/mol. The van der Waals surface area contributed by atoms with Gasteiger partial charge in [0.1, 0.15) is 0 Å². The molecule has 1 N–H and O–H groups in total. The molecule has 2 aromatic heterocycles. The highest BCUT2D eigenvalue weighted by molar-refractivity contribution is 5.74. The van der Waals surface area contributed by atoms with Gasteiger partial charge in [-0.1, -0.05) is 0 Å². The first-order valence-electron chi connectivity index (χ1n) is 10.1. The molecule has 4 rings (SSSR count). The summed E-state index contributed by atoms with van der Waals surface area (Å²) >= 11 is 0. The van der Waals surface area contributed by atoms with Gasteiger partial charge in [-0.2, -0.15) is 0 Å². The lowest BCUT2D eigenvalue weighted by Crippen LogP contribution is -2.45. The van der Waals surface area contributed by atoms with Crippen molar-refractivity contribution in [2.24, 2.45) is 5.92 Å². The highest BCUT2D eigenvalue weighted by Gasteiger charge is 2.26. The number of methoxy groups -OCH3 is 1. The maximum absolute atomic E-state index is 5.47. The van der Waals surface area contributed by atoms with Crippen molar-refractivity contribution in [2.75, 3.05) is 76.4 Å². The first-order valence-corrected chi connectivity index (χ1v) is 10.1. The van der Waals surface area contributed by atoms with Crippen molar-refractivity contribution in [3.63, 3.8) is 0 Å². The van der Waals surface area contributed by atoms with E-state index in [2.05, 4.69) is 30.4 Å². The molecule has 2 aromatic rings. The lowest BCUT2D eigenvalue weighted by atomic mass is 9.97. The van der Waals surface area contributed by atoms with Crippen LogP contribution in [0.15, 0.2) is 4.63 Å². The van der Waals surface area contributed by atoms with Gasteiger partial charge in [0.05, 0.1) is 13.2 Å². The van der Waals surface area contributed by atoms with Gasteiger partial charge in [-0.25, -0.2) is 14.6 Å². The summed E-state index contributed by atoms with van der Waals surface area (Å²) in [6, 6.07) is 0. The van der Waals surface area contributed by atoms with Crippen LogP contribution in [-0.4, -0.2) is 91.4 Å². The SMILES string of the molecule is COCCCNc1nc2nonc2nc1N1CCCC(CN2CCOCC2)C1. The highest BCUT2D eigenvalue weighted by Crippen LogP contribution is 2.28. The molecule has 10 nitrogen and oxygen atoms in total. The number of hydrogen-bond donors (Lipinski definition) is 1. The number of nitrogens with zero attached hydrogens (tertiary/aromatic N) is 6. The average Bonchev–Trinajstić information content (AvgIpc) is 3.19. The first-order chi connectivity index (χ1) is 13.8. The summed E-state index contributed by atoms with van der Waals surface area (Å²) in [7, 11) is 1.71. The number of anilines is 2. The Morgan fingerprint density at radius 2 is 1.96 bits per heavy atom. The Morgan fingerprint density at radius 1 is 1.14 bits per heavy atom. The fourth-order valence-electron chi connectivity index (χ4n) is 3.95. The van der Waals surface area contributed by atoms with E-state index in [9.17, 15) is 0 Å². The van der Waals surface area contributed by atoms with Crippen LogP contribution in [0.1, 0.15) is 19.3 Å². The fourth-order valence-corrected chi connectivity index (χ4v) is 3.95. The van der Waals surface area contributed by atoms with Gasteiger partial charge in [-0.15, -0.1) is 0 Å². The lowest BCUT2D eigenvalue weighted by molar-refractivity contribution is 0.0296. The van der Waals surface area contributed by atoms with Crippen molar-refractivity contribution in [3.8, 4) is 0 Å². The predicted molar refractivity (Wildman–Crippen MR) is 105 cm³/mol. The molecule has 2 saturated heterocycles. The van der Waals surface area contributed by atoms with Crippen molar-refractivity contribution in [2.45, 2.75) is 19.3 Å². The Hall–Kier alpha value is -2.04. The molecular formula is C18H29N7O3. The van der Waals surface area contributed by atoms with Crippen molar-refractivity contribution in [1.29, 1.82) is 0 Å². The zero-order chi connectivity index (χ0) is 19.2. The van der Waals surface area contributed by atoms with Crippen molar-refractivity contribution in [3.05, 3.63) is 0 Å². The van der Waals surface area contributed by atoms with Crippen molar-refractivity contribution < 1.29 is 14.1 Å². The summed E-state index contributed by atoms with van der Waals surface area (Å²) in [5.41, 5.74) is 0.882. The molecular weight excluding hydrogens is 362 g/mol. The van der Waals surface area contributed by atoms with Crippen LogP contribution in [0.4, 0.5) is 11.6 Å². The normalized spacial score (nSPS) is 21.3. The number of nitrogens with one attached hydrogen (secondary N) is 1. The molecule has 2 aliphatic rings. The molecule has 2 aliphatic heterocycles. The zero-order valence-electron chi connectivity index (χ0n) is 16.5. The number of rotatable bonds is 8. The summed E-state index contributed by atoms with van der Waals surface area (Å²) < 4.78 is 15.4. The molecule has 0 radical (unpaired) electrons. The second kappa shape index (κ2) is 9.44. The van der Waals surface area contributed by atoms with E-state index >= 15 is 0 Å². The Morgan fingerprint density at radius 3 is 2.79 bits per heavy atom. The third-order valence-corrected chi connectivity index (χ3v) is 5.35. The molecule has 10 heteroatoms. The number of hydrogen-bond acceptors (Lipinski definition) is 10. The second-order valence-electron chi connectivity index (χ2n) is 7.45. The van der Waals surface area contributed by atoms with Crippen LogP contribution < -0.4 is 10.2 Å². The molecule has 0 aliphatic carbocycles. The standard InChI is InChI=1S/C18H29N7O3/c1-26-9-3-5-19-17-18(21-16-15(20-17)22-28-23-16)25-6-2-4-14(13-25)12-24-7-10-27-11-8-24/h14H,2-13H2,1H3,(H,19,20,22). The summed E-state index contributed by atoms with van der Waals surface area (Å²) in [5.74, 6) is 2.19. The molecule has 0 amide bonds. The Balaban J connectivity index is 1.47. The van der Waals surface area contributed by atoms with Crippen molar-refractivity contribution in [1.82, 2.24) is 25.2 Å². The fraction of sp³-hybridized carbons (Fsp3) is 0.778. The van der Waals surface area contributed by atoms with Crippen LogP contribution in [0.25, 0.3) is 11.3 Å². The largest absolute Gasteiger partial charge is 0.385 e. The molecule has 4 heterocycles. The second-order valence-corrected chi connectivity index (χ2v) is 7.45. The highest BCUT2D eigenvalue weighted by atomic mass is 16.6. The van der Waals surface area contributed by atoms with Gasteiger partial charge < -0.3 is 19.7 Å². The monoisotopic (exact) mass is 391 g/mol. The van der Waals surface area contributed by atoms with Crippen molar-refractivity contribution >= 4 is 22.9 Å². The Kier molecular flexibility index (Phi) is 6.50. The van der Waals surface area contributed by atoms with Crippen LogP contribution in [0.5, 0.6) is 0 Å². The number of morpholine rings is 1. The van der Waals surface area contributed by atoms with Crippen LogP contribution in [0, 0.1) is 5.92 Å². The van der Waals surface area contributed by atoms with Crippen LogP contribution in [0.3, 0.4) is 0 Å². The van der Waals surface area contributed by atoms with Gasteiger partial charge in [0.15, 0.2) is 11.6 Å². The van der Waals surface area contributed by atoms with E-state index in [1.807, 2.05) is 0 Å². The van der Waals surface area contributed by atoms with E-state index in [0.717, 1.165) is 77.0 Å². The van der Waals surface area contributed by atoms with Gasteiger partial charge >= 0.3 is 0 Å². The van der Waals surface area contributed by atoms with E-state index in [0.29, 0.717) is 23.8 Å². The molecule has 0 aromatic carbocycles. The maximum Gasteiger partial charge on any atom is 0.245 e. The number of piperidine rings is 1. The van der Waals surface area contributed by atoms with E-state index in [-0.39, 0.29) is 0 Å².